The first-order valence-electron chi connectivity index (χ1n) is 7.83. The second-order valence-corrected chi connectivity index (χ2v) is 8.34. The van der Waals surface area contributed by atoms with Crippen molar-refractivity contribution >= 4 is 37.5 Å². The highest BCUT2D eigenvalue weighted by atomic mass is 79.9. The summed E-state index contributed by atoms with van der Waals surface area (Å²) in [6.45, 7) is 3.44. The van der Waals surface area contributed by atoms with Crippen molar-refractivity contribution in [3.63, 3.8) is 0 Å². The minimum Gasteiger partial charge on any atom is -0.318 e. The summed E-state index contributed by atoms with van der Waals surface area (Å²) < 4.78 is 68.0. The van der Waals surface area contributed by atoms with E-state index in [1.54, 1.807) is 13.8 Å². The summed E-state index contributed by atoms with van der Waals surface area (Å²) >= 11 is 2.90. The Morgan fingerprint density at radius 3 is 2.41 bits per heavy atom. The van der Waals surface area contributed by atoms with Crippen molar-refractivity contribution in [1.82, 2.24) is 4.72 Å². The predicted molar refractivity (Wildman–Crippen MR) is 98.5 cm³/mol. The maximum atomic E-state index is 14.1. The zero-order valence-corrected chi connectivity index (χ0v) is 16.7. The Hall–Kier alpha value is -1.91. The first-order chi connectivity index (χ1) is 12.5. The molecule has 0 bridgehead atoms. The normalized spacial score (nSPS) is 12.7. The van der Waals surface area contributed by atoms with Gasteiger partial charge in [-0.15, -0.1) is 0 Å². The summed E-state index contributed by atoms with van der Waals surface area (Å²) in [5.74, 6) is -4.02. The summed E-state index contributed by atoms with van der Waals surface area (Å²) in [4.78, 5) is 12.0. The topological polar surface area (TPSA) is 75.3 Å². The second kappa shape index (κ2) is 8.41. The van der Waals surface area contributed by atoms with Gasteiger partial charge in [-0.1, -0.05) is 6.92 Å². The van der Waals surface area contributed by atoms with E-state index < -0.39 is 44.6 Å². The number of hydrogen-bond acceptors (Lipinski definition) is 3. The van der Waals surface area contributed by atoms with Crippen LogP contribution in [0.4, 0.5) is 18.9 Å². The molecule has 0 spiro atoms. The molecule has 0 fully saturated rings. The molecule has 2 aromatic carbocycles. The number of nitrogens with one attached hydrogen (secondary N) is 2. The molecular weight excluding hydrogens is 449 g/mol. The Labute approximate surface area is 163 Å². The van der Waals surface area contributed by atoms with Crippen molar-refractivity contribution < 1.29 is 26.4 Å². The van der Waals surface area contributed by atoms with E-state index in [4.69, 9.17) is 0 Å². The van der Waals surface area contributed by atoms with Crippen molar-refractivity contribution in [3.05, 3.63) is 57.8 Å². The standard InChI is InChI=1S/C17H16BrF3N2O3S/c1-3-9(2)23-27(25,26)11-4-5-14(20)12(8-11)17(24)22-16-13(18)6-10(19)7-15(16)21/h4-9,23H,3H2,1-2H3,(H,22,24)/t9-/m0/s1. The van der Waals surface area contributed by atoms with E-state index >= 15 is 0 Å². The summed E-state index contributed by atoms with van der Waals surface area (Å²) in [6.07, 6.45) is 0.533. The van der Waals surface area contributed by atoms with Crippen molar-refractivity contribution in [3.8, 4) is 0 Å². The van der Waals surface area contributed by atoms with Crippen LogP contribution in [0.1, 0.15) is 30.6 Å². The third-order valence-electron chi connectivity index (χ3n) is 3.71. The van der Waals surface area contributed by atoms with Crippen LogP contribution >= 0.6 is 15.9 Å². The van der Waals surface area contributed by atoms with E-state index in [2.05, 4.69) is 26.0 Å². The van der Waals surface area contributed by atoms with Gasteiger partial charge in [0.1, 0.15) is 11.6 Å². The molecule has 0 radical (unpaired) electrons. The minimum atomic E-state index is -3.97. The fourth-order valence-corrected chi connectivity index (χ4v) is 3.96. The highest BCUT2D eigenvalue weighted by Gasteiger charge is 2.22. The molecule has 0 aliphatic carbocycles. The van der Waals surface area contributed by atoms with E-state index in [0.717, 1.165) is 24.3 Å². The molecule has 2 N–H and O–H groups in total. The average Bonchev–Trinajstić information content (AvgIpc) is 2.57. The summed E-state index contributed by atoms with van der Waals surface area (Å²) in [6, 6.07) is 3.81. The molecule has 1 amide bonds. The van der Waals surface area contributed by atoms with Gasteiger partial charge in [-0.25, -0.2) is 26.3 Å². The lowest BCUT2D eigenvalue weighted by molar-refractivity contribution is 0.102. The molecule has 2 rings (SSSR count). The molecule has 0 aromatic heterocycles. The molecule has 27 heavy (non-hydrogen) atoms. The molecule has 2 aromatic rings. The molecular formula is C17H16BrF3N2O3S. The maximum absolute atomic E-state index is 14.1. The van der Waals surface area contributed by atoms with Crippen LogP contribution in [0.3, 0.4) is 0 Å². The van der Waals surface area contributed by atoms with E-state index in [1.807, 2.05) is 0 Å². The fourth-order valence-electron chi connectivity index (χ4n) is 2.10. The van der Waals surface area contributed by atoms with Gasteiger partial charge in [0, 0.05) is 16.6 Å². The van der Waals surface area contributed by atoms with Gasteiger partial charge >= 0.3 is 0 Å². The molecule has 146 valence electrons. The summed E-state index contributed by atoms with van der Waals surface area (Å²) in [5, 5.41) is 2.11. The Morgan fingerprint density at radius 1 is 1.15 bits per heavy atom. The number of benzene rings is 2. The molecule has 0 unspecified atom stereocenters. The SMILES string of the molecule is CC[C@H](C)NS(=O)(=O)c1ccc(F)c(C(=O)Nc2c(F)cc(F)cc2Br)c1. The van der Waals surface area contributed by atoms with Gasteiger partial charge in [0.2, 0.25) is 10.0 Å². The van der Waals surface area contributed by atoms with Crippen LogP contribution in [0.25, 0.3) is 0 Å². The van der Waals surface area contributed by atoms with Crippen molar-refractivity contribution in [2.24, 2.45) is 0 Å². The summed E-state index contributed by atoms with van der Waals surface area (Å²) in [5.41, 5.74) is -0.996. The smallest absolute Gasteiger partial charge is 0.258 e. The zero-order valence-electron chi connectivity index (χ0n) is 14.3. The molecule has 5 nitrogen and oxygen atoms in total. The van der Waals surface area contributed by atoms with Gasteiger partial charge in [-0.3, -0.25) is 4.79 Å². The number of sulfonamides is 1. The van der Waals surface area contributed by atoms with Crippen LogP contribution < -0.4 is 10.0 Å². The fraction of sp³-hybridized carbons (Fsp3) is 0.235. The van der Waals surface area contributed by atoms with Crippen LogP contribution in [-0.4, -0.2) is 20.4 Å². The number of carbonyl (C=O) groups excluding carboxylic acids is 1. The molecule has 0 aliphatic rings. The molecule has 1 atom stereocenters. The van der Waals surface area contributed by atoms with E-state index in [9.17, 15) is 26.4 Å². The van der Waals surface area contributed by atoms with Crippen LogP contribution in [-0.2, 0) is 10.0 Å². The lowest BCUT2D eigenvalue weighted by Gasteiger charge is -2.14. The largest absolute Gasteiger partial charge is 0.318 e. The molecule has 0 aliphatic heterocycles. The number of hydrogen-bond donors (Lipinski definition) is 2. The number of anilines is 1. The number of carbonyl (C=O) groups is 1. The van der Waals surface area contributed by atoms with Gasteiger partial charge in [0.15, 0.2) is 5.82 Å². The van der Waals surface area contributed by atoms with Crippen molar-refractivity contribution in [2.75, 3.05) is 5.32 Å². The number of halogens is 4. The lowest BCUT2D eigenvalue weighted by Crippen LogP contribution is -2.32. The Bertz CT molecular complexity index is 960. The Morgan fingerprint density at radius 2 is 1.81 bits per heavy atom. The monoisotopic (exact) mass is 464 g/mol. The predicted octanol–water partition coefficient (Wildman–Crippen LogP) is 4.20. The van der Waals surface area contributed by atoms with Crippen molar-refractivity contribution in [1.29, 1.82) is 0 Å². The van der Waals surface area contributed by atoms with E-state index in [1.165, 1.54) is 0 Å². The van der Waals surface area contributed by atoms with E-state index in [-0.39, 0.29) is 15.4 Å². The Balaban J connectivity index is 2.38. The van der Waals surface area contributed by atoms with Crippen LogP contribution in [0.2, 0.25) is 0 Å². The first kappa shape index (κ1) is 21.4. The third-order valence-corrected chi connectivity index (χ3v) is 5.92. The molecule has 0 saturated carbocycles. The second-order valence-electron chi connectivity index (χ2n) is 5.77. The van der Waals surface area contributed by atoms with Gasteiger partial charge in [0.05, 0.1) is 16.1 Å². The number of amides is 1. The zero-order chi connectivity index (χ0) is 20.4. The van der Waals surface area contributed by atoms with Crippen LogP contribution in [0, 0.1) is 17.5 Å². The third kappa shape index (κ3) is 5.08. The van der Waals surface area contributed by atoms with Crippen molar-refractivity contribution in [2.45, 2.75) is 31.2 Å². The van der Waals surface area contributed by atoms with Crippen LogP contribution in [0.15, 0.2) is 39.7 Å². The Kier molecular flexibility index (Phi) is 6.66. The molecule has 0 heterocycles. The molecule has 0 saturated heterocycles. The van der Waals surface area contributed by atoms with E-state index in [0.29, 0.717) is 12.5 Å². The average molecular weight is 465 g/mol. The van der Waals surface area contributed by atoms with Crippen LogP contribution in [0.5, 0.6) is 0 Å². The quantitative estimate of drug-likeness (QED) is 0.672. The number of rotatable bonds is 6. The minimum absolute atomic E-state index is 0.0871. The van der Waals surface area contributed by atoms with Gasteiger partial charge < -0.3 is 5.32 Å². The highest BCUT2D eigenvalue weighted by molar-refractivity contribution is 9.10. The summed E-state index contributed by atoms with van der Waals surface area (Å²) in [7, 11) is -3.97. The van der Waals surface area contributed by atoms with Gasteiger partial charge in [-0.2, -0.15) is 0 Å². The molecule has 10 heteroatoms. The first-order valence-corrected chi connectivity index (χ1v) is 10.1. The maximum Gasteiger partial charge on any atom is 0.258 e. The van der Waals surface area contributed by atoms with Gasteiger partial charge in [-0.05, 0) is 53.5 Å². The lowest BCUT2D eigenvalue weighted by atomic mass is 10.2. The highest BCUT2D eigenvalue weighted by Crippen LogP contribution is 2.28. The van der Waals surface area contributed by atoms with Gasteiger partial charge in [0.25, 0.3) is 5.91 Å².